The first-order valence-corrected chi connectivity index (χ1v) is 7.71. The molecule has 0 fully saturated rings. The van der Waals surface area contributed by atoms with Gasteiger partial charge in [-0.1, -0.05) is 92.3 Å². The molecule has 90 valence electrons. The van der Waals surface area contributed by atoms with Crippen LogP contribution in [0.1, 0.15) is 31.9 Å². The molecule has 0 aliphatic heterocycles. The molecule has 0 amide bonds. The molecule has 0 nitrogen and oxygen atoms in total. The van der Waals surface area contributed by atoms with Crippen LogP contribution in [0.25, 0.3) is 0 Å². The minimum atomic E-state index is -0.294. The molecular weight excluding hydrogens is 419 g/mol. The number of benzene rings is 1. The van der Waals surface area contributed by atoms with Gasteiger partial charge in [-0.15, -0.1) is 0 Å². The number of rotatable bonds is 1. The summed E-state index contributed by atoms with van der Waals surface area (Å²) in [4.78, 5) is 0. The second kappa shape index (κ2) is 5.29. The molecule has 0 heterocycles. The van der Waals surface area contributed by atoms with Crippen molar-refractivity contribution in [3.63, 3.8) is 0 Å². The SMILES string of the molecule is CC(C)(C)c1cccc(Cl)c1CC(Br)(Br)Br. The quantitative estimate of drug-likeness (QED) is 0.476. The van der Waals surface area contributed by atoms with Crippen LogP contribution in [0.4, 0.5) is 0 Å². The molecule has 16 heavy (non-hydrogen) atoms. The van der Waals surface area contributed by atoms with E-state index in [0.717, 1.165) is 11.4 Å². The monoisotopic (exact) mass is 430 g/mol. The number of alkyl halides is 3. The van der Waals surface area contributed by atoms with Crippen LogP contribution in [0.2, 0.25) is 5.02 Å². The zero-order valence-corrected chi connectivity index (χ0v) is 15.0. The first kappa shape index (κ1) is 15.0. The van der Waals surface area contributed by atoms with E-state index < -0.39 is 0 Å². The molecule has 0 saturated heterocycles. The molecule has 0 spiro atoms. The normalized spacial score (nSPS) is 12.9. The minimum Gasteiger partial charge on any atom is -0.0840 e. The summed E-state index contributed by atoms with van der Waals surface area (Å²) in [5.41, 5.74) is 2.54. The van der Waals surface area contributed by atoms with Gasteiger partial charge in [0.05, 0.1) is 0 Å². The van der Waals surface area contributed by atoms with Crippen LogP contribution in [0.15, 0.2) is 18.2 Å². The molecule has 0 saturated carbocycles. The average Bonchev–Trinajstić information content (AvgIpc) is 2.04. The highest BCUT2D eigenvalue weighted by Crippen LogP contribution is 2.41. The van der Waals surface area contributed by atoms with E-state index in [1.807, 2.05) is 12.1 Å². The van der Waals surface area contributed by atoms with Crippen LogP contribution in [0, 0.1) is 0 Å². The topological polar surface area (TPSA) is 0 Å². The van der Waals surface area contributed by atoms with Crippen LogP contribution in [0.3, 0.4) is 0 Å². The summed E-state index contributed by atoms with van der Waals surface area (Å²) >= 11 is 16.9. The zero-order chi connectivity index (χ0) is 12.6. The molecule has 0 aliphatic rings. The van der Waals surface area contributed by atoms with Gasteiger partial charge in [-0.3, -0.25) is 0 Å². The summed E-state index contributed by atoms with van der Waals surface area (Å²) in [6.07, 6.45) is 0.777. The summed E-state index contributed by atoms with van der Waals surface area (Å²) < 4.78 is -0.294. The summed E-state index contributed by atoms with van der Waals surface area (Å²) in [5, 5.41) is 0.815. The first-order valence-electron chi connectivity index (χ1n) is 4.96. The van der Waals surface area contributed by atoms with Crippen molar-refractivity contribution in [3.8, 4) is 0 Å². The summed E-state index contributed by atoms with van der Waals surface area (Å²) in [5.74, 6) is 0. The van der Waals surface area contributed by atoms with Crippen molar-refractivity contribution < 1.29 is 0 Å². The largest absolute Gasteiger partial charge is 0.139 e. The van der Waals surface area contributed by atoms with Crippen LogP contribution in [-0.4, -0.2) is 2.14 Å². The second-order valence-electron chi connectivity index (χ2n) is 4.81. The number of hydrogen-bond acceptors (Lipinski definition) is 0. The van der Waals surface area contributed by atoms with Crippen LogP contribution >= 0.6 is 59.4 Å². The molecule has 0 unspecified atom stereocenters. The van der Waals surface area contributed by atoms with Crippen molar-refractivity contribution in [1.82, 2.24) is 0 Å². The van der Waals surface area contributed by atoms with E-state index in [0.29, 0.717) is 0 Å². The van der Waals surface area contributed by atoms with Crippen LogP contribution in [0.5, 0.6) is 0 Å². The number of hydrogen-bond donors (Lipinski definition) is 0. The van der Waals surface area contributed by atoms with Gasteiger partial charge < -0.3 is 0 Å². The zero-order valence-electron chi connectivity index (χ0n) is 9.45. The lowest BCUT2D eigenvalue weighted by Gasteiger charge is -2.25. The Morgan fingerprint density at radius 3 is 2.12 bits per heavy atom. The van der Waals surface area contributed by atoms with E-state index in [1.54, 1.807) is 0 Å². The Hall–Kier alpha value is 0.950. The molecule has 4 heteroatoms. The third-order valence-electron chi connectivity index (χ3n) is 2.30. The van der Waals surface area contributed by atoms with Crippen LogP contribution < -0.4 is 0 Å². The van der Waals surface area contributed by atoms with Gasteiger partial charge >= 0.3 is 0 Å². The van der Waals surface area contributed by atoms with Gasteiger partial charge in [-0.05, 0) is 22.6 Å². The molecule has 1 aromatic rings. The van der Waals surface area contributed by atoms with Gasteiger partial charge in [0.2, 0.25) is 0 Å². The molecule has 0 bridgehead atoms. The molecule has 0 aromatic heterocycles. The van der Waals surface area contributed by atoms with E-state index in [9.17, 15) is 0 Å². The van der Waals surface area contributed by atoms with E-state index in [1.165, 1.54) is 11.1 Å². The third kappa shape index (κ3) is 4.32. The minimum absolute atomic E-state index is 0.0957. The van der Waals surface area contributed by atoms with E-state index in [-0.39, 0.29) is 7.56 Å². The van der Waals surface area contributed by atoms with E-state index in [4.69, 9.17) is 11.6 Å². The average molecular weight is 433 g/mol. The van der Waals surface area contributed by atoms with Crippen molar-refractivity contribution >= 4 is 59.4 Å². The molecule has 0 aliphatic carbocycles. The fraction of sp³-hybridized carbons (Fsp3) is 0.500. The molecule has 1 aromatic carbocycles. The van der Waals surface area contributed by atoms with Crippen molar-refractivity contribution in [3.05, 3.63) is 34.3 Å². The van der Waals surface area contributed by atoms with Gasteiger partial charge in [0.25, 0.3) is 0 Å². The Kier molecular flexibility index (Phi) is 4.97. The fourth-order valence-electron chi connectivity index (χ4n) is 1.64. The molecule has 0 N–H and O–H groups in total. The highest BCUT2D eigenvalue weighted by Gasteiger charge is 2.25. The maximum Gasteiger partial charge on any atom is 0.139 e. The third-order valence-corrected chi connectivity index (χ3v) is 3.50. The van der Waals surface area contributed by atoms with E-state index in [2.05, 4.69) is 74.6 Å². The lowest BCUT2D eigenvalue weighted by atomic mass is 9.83. The van der Waals surface area contributed by atoms with Crippen molar-refractivity contribution in [2.24, 2.45) is 0 Å². The maximum absolute atomic E-state index is 6.28. The summed E-state index contributed by atoms with van der Waals surface area (Å²) in [7, 11) is 0. The molecule has 0 atom stereocenters. The Morgan fingerprint density at radius 2 is 1.69 bits per heavy atom. The predicted molar refractivity (Wildman–Crippen MR) is 83.4 cm³/mol. The Balaban J connectivity index is 3.25. The fourth-order valence-corrected chi connectivity index (χ4v) is 2.72. The highest BCUT2D eigenvalue weighted by atomic mass is 80.0. The lowest BCUT2D eigenvalue weighted by Crippen LogP contribution is -2.17. The predicted octanol–water partition coefficient (Wildman–Crippen LogP) is 6.02. The van der Waals surface area contributed by atoms with Crippen molar-refractivity contribution in [2.45, 2.75) is 34.7 Å². The summed E-state index contributed by atoms with van der Waals surface area (Å²) in [6.45, 7) is 6.58. The van der Waals surface area contributed by atoms with Gasteiger partial charge in [-0.2, -0.15) is 0 Å². The van der Waals surface area contributed by atoms with Gasteiger partial charge in [-0.25, -0.2) is 0 Å². The van der Waals surface area contributed by atoms with Crippen molar-refractivity contribution in [1.29, 1.82) is 0 Å². The molecular formula is C12H14Br3Cl. The number of halogens is 4. The molecule has 0 radical (unpaired) electrons. The Bertz CT molecular complexity index is 375. The first-order chi connectivity index (χ1) is 7.11. The summed E-state index contributed by atoms with van der Waals surface area (Å²) in [6, 6.07) is 6.08. The lowest BCUT2D eigenvalue weighted by molar-refractivity contribution is 0.583. The molecule has 1 rings (SSSR count). The van der Waals surface area contributed by atoms with Gasteiger partial charge in [0, 0.05) is 11.4 Å². The Labute approximate surface area is 128 Å². The highest BCUT2D eigenvalue weighted by molar-refractivity contribution is 9.39. The smallest absolute Gasteiger partial charge is 0.0840 e. The second-order valence-corrected chi connectivity index (χ2v) is 12.5. The Morgan fingerprint density at radius 1 is 1.12 bits per heavy atom. The maximum atomic E-state index is 6.28. The van der Waals surface area contributed by atoms with Crippen LogP contribution in [-0.2, 0) is 11.8 Å². The van der Waals surface area contributed by atoms with E-state index >= 15 is 0 Å². The standard InChI is InChI=1S/C12H14Br3Cl/c1-11(2,3)9-5-4-6-10(16)8(9)7-12(13,14)15/h4-6H,7H2,1-3H3. The van der Waals surface area contributed by atoms with Crippen molar-refractivity contribution in [2.75, 3.05) is 0 Å². The van der Waals surface area contributed by atoms with Gasteiger partial charge in [0.15, 0.2) is 0 Å². The van der Waals surface area contributed by atoms with Gasteiger partial charge in [0.1, 0.15) is 2.14 Å².